The van der Waals surface area contributed by atoms with Gasteiger partial charge in [-0.2, -0.15) is 5.10 Å². The van der Waals surface area contributed by atoms with Crippen LogP contribution in [-0.4, -0.2) is 39.2 Å². The van der Waals surface area contributed by atoms with Crippen molar-refractivity contribution in [1.82, 2.24) is 19.7 Å². The van der Waals surface area contributed by atoms with Crippen molar-refractivity contribution < 1.29 is 9.53 Å². The molecule has 0 N–H and O–H groups in total. The maximum Gasteiger partial charge on any atom is 0.254 e. The molecule has 6 nitrogen and oxygen atoms in total. The van der Waals surface area contributed by atoms with Crippen LogP contribution in [0.1, 0.15) is 40.3 Å². The predicted molar refractivity (Wildman–Crippen MR) is 107 cm³/mol. The Balaban J connectivity index is 1.65. The van der Waals surface area contributed by atoms with Crippen LogP contribution < -0.4 is 4.74 Å². The Bertz CT molecular complexity index is 1040. The second-order valence-corrected chi connectivity index (χ2v) is 7.18. The zero-order chi connectivity index (χ0) is 19.8. The van der Waals surface area contributed by atoms with E-state index < -0.39 is 0 Å². The lowest BCUT2D eigenvalue weighted by atomic mass is 9.92. The lowest BCUT2D eigenvalue weighted by Gasteiger charge is -2.35. The van der Waals surface area contributed by atoms with Gasteiger partial charge in [0, 0.05) is 24.7 Å². The molecule has 0 unspecified atom stereocenters. The second-order valence-electron chi connectivity index (χ2n) is 7.18. The number of fused-ring (bicyclic) bond motifs is 1. The van der Waals surface area contributed by atoms with Crippen molar-refractivity contribution in [3.05, 3.63) is 65.0 Å². The number of aryl methyl sites for hydroxylation is 2. The van der Waals surface area contributed by atoms with E-state index in [9.17, 15) is 4.79 Å². The molecule has 144 valence electrons. The van der Waals surface area contributed by atoms with Crippen molar-refractivity contribution in [3.63, 3.8) is 0 Å². The Morgan fingerprint density at radius 3 is 2.75 bits per heavy atom. The first-order valence-electron chi connectivity index (χ1n) is 9.44. The van der Waals surface area contributed by atoms with Crippen LogP contribution in [0.2, 0.25) is 0 Å². The molecule has 2 aromatic carbocycles. The molecule has 1 aliphatic heterocycles. The van der Waals surface area contributed by atoms with Gasteiger partial charge in [-0.25, -0.2) is 9.67 Å². The molecule has 0 saturated carbocycles. The Hall–Kier alpha value is -3.15. The maximum atomic E-state index is 13.3. The average molecular weight is 376 g/mol. The van der Waals surface area contributed by atoms with Crippen molar-refractivity contribution >= 4 is 5.91 Å². The fourth-order valence-corrected chi connectivity index (χ4v) is 3.92. The first kappa shape index (κ1) is 18.2. The maximum absolute atomic E-state index is 13.3. The van der Waals surface area contributed by atoms with E-state index in [4.69, 9.17) is 4.74 Å². The van der Waals surface area contributed by atoms with E-state index in [1.54, 1.807) is 11.8 Å². The van der Waals surface area contributed by atoms with E-state index in [2.05, 4.69) is 23.1 Å². The molecule has 0 fully saturated rings. The lowest BCUT2D eigenvalue weighted by Crippen LogP contribution is -2.38. The van der Waals surface area contributed by atoms with Gasteiger partial charge in [-0.05, 0) is 55.7 Å². The number of nitrogens with zero attached hydrogens (tertiary/aromatic N) is 4. The van der Waals surface area contributed by atoms with E-state index >= 15 is 0 Å². The van der Waals surface area contributed by atoms with E-state index in [1.807, 2.05) is 55.3 Å². The number of hydrogen-bond donors (Lipinski definition) is 0. The van der Waals surface area contributed by atoms with Crippen LogP contribution in [0.15, 0.2) is 42.5 Å². The zero-order valence-electron chi connectivity index (χ0n) is 16.6. The van der Waals surface area contributed by atoms with E-state index in [0.717, 1.165) is 29.1 Å². The lowest BCUT2D eigenvalue weighted by molar-refractivity contribution is 0.0677. The normalized spacial score (nSPS) is 16.0. The van der Waals surface area contributed by atoms with Crippen LogP contribution in [0.4, 0.5) is 0 Å². The van der Waals surface area contributed by atoms with Gasteiger partial charge in [0.2, 0.25) is 0 Å². The minimum atomic E-state index is -0.00733. The SMILES string of the molecule is COc1ccc2c(c1)[C@@H](C)N(C(=O)c1cccc(-c3nc(C)nn3C)c1)CC2. The Kier molecular flexibility index (Phi) is 4.63. The van der Waals surface area contributed by atoms with Crippen molar-refractivity contribution in [3.8, 4) is 17.1 Å². The first-order valence-corrected chi connectivity index (χ1v) is 9.44. The minimum Gasteiger partial charge on any atom is -0.497 e. The van der Waals surface area contributed by atoms with Gasteiger partial charge in [0.15, 0.2) is 5.82 Å². The highest BCUT2D eigenvalue weighted by atomic mass is 16.5. The molecule has 28 heavy (non-hydrogen) atoms. The highest BCUT2D eigenvalue weighted by Crippen LogP contribution is 2.33. The van der Waals surface area contributed by atoms with Crippen LogP contribution in [-0.2, 0) is 13.5 Å². The number of ether oxygens (including phenoxy) is 1. The van der Waals surface area contributed by atoms with Gasteiger partial charge in [0.1, 0.15) is 11.6 Å². The molecule has 0 saturated heterocycles. The summed E-state index contributed by atoms with van der Waals surface area (Å²) in [5.74, 6) is 2.32. The molecule has 0 spiro atoms. The molecule has 2 heterocycles. The summed E-state index contributed by atoms with van der Waals surface area (Å²) in [6, 6.07) is 13.7. The fourth-order valence-electron chi connectivity index (χ4n) is 3.92. The van der Waals surface area contributed by atoms with Gasteiger partial charge in [-0.15, -0.1) is 0 Å². The van der Waals surface area contributed by atoms with Crippen molar-refractivity contribution in [1.29, 1.82) is 0 Å². The van der Waals surface area contributed by atoms with Gasteiger partial charge >= 0.3 is 0 Å². The summed E-state index contributed by atoms with van der Waals surface area (Å²) < 4.78 is 7.11. The molecule has 1 aliphatic rings. The molecule has 0 radical (unpaired) electrons. The van der Waals surface area contributed by atoms with Crippen LogP contribution in [0.25, 0.3) is 11.4 Å². The fraction of sp³-hybridized carbons (Fsp3) is 0.318. The van der Waals surface area contributed by atoms with Crippen LogP contribution in [0.5, 0.6) is 5.75 Å². The average Bonchev–Trinajstić information content (AvgIpc) is 3.06. The molecule has 6 heteroatoms. The Morgan fingerprint density at radius 1 is 1.21 bits per heavy atom. The largest absolute Gasteiger partial charge is 0.497 e. The second kappa shape index (κ2) is 7.11. The number of carbonyl (C=O) groups is 1. The molecular formula is C22H24N4O2. The van der Waals surface area contributed by atoms with Crippen molar-refractivity contribution in [2.75, 3.05) is 13.7 Å². The van der Waals surface area contributed by atoms with Crippen LogP contribution in [0.3, 0.4) is 0 Å². The molecule has 1 amide bonds. The molecule has 4 rings (SSSR count). The smallest absolute Gasteiger partial charge is 0.254 e. The summed E-state index contributed by atoms with van der Waals surface area (Å²) in [6.45, 7) is 4.64. The molecular weight excluding hydrogens is 352 g/mol. The van der Waals surface area contributed by atoms with Crippen LogP contribution in [0, 0.1) is 6.92 Å². The summed E-state index contributed by atoms with van der Waals surface area (Å²) in [5.41, 5.74) is 3.98. The summed E-state index contributed by atoms with van der Waals surface area (Å²) in [5, 5.41) is 4.30. The third-order valence-electron chi connectivity index (χ3n) is 5.39. The van der Waals surface area contributed by atoms with Gasteiger partial charge < -0.3 is 9.64 Å². The van der Waals surface area contributed by atoms with Gasteiger partial charge in [-0.3, -0.25) is 4.79 Å². The quantitative estimate of drug-likeness (QED) is 0.701. The van der Waals surface area contributed by atoms with Gasteiger partial charge in [-0.1, -0.05) is 18.2 Å². The molecule has 3 aromatic rings. The standard InChI is InChI=1S/C22H24N4O2/c1-14-20-13-19(28-4)9-8-16(20)10-11-26(14)22(27)18-7-5-6-17(12-18)21-23-15(2)24-25(21)3/h5-9,12-14H,10-11H2,1-4H3/t14-/m1/s1. The molecule has 0 bridgehead atoms. The number of benzene rings is 2. The minimum absolute atomic E-state index is 0.00733. The Morgan fingerprint density at radius 2 is 2.04 bits per heavy atom. The first-order chi connectivity index (χ1) is 13.5. The number of carbonyl (C=O) groups excluding carboxylic acids is 1. The summed E-state index contributed by atoms with van der Waals surface area (Å²) in [4.78, 5) is 19.7. The number of methoxy groups -OCH3 is 1. The highest BCUT2D eigenvalue weighted by Gasteiger charge is 2.29. The zero-order valence-corrected chi connectivity index (χ0v) is 16.6. The number of rotatable bonds is 3. The summed E-state index contributed by atoms with van der Waals surface area (Å²) >= 11 is 0. The van der Waals surface area contributed by atoms with E-state index in [1.165, 1.54) is 5.56 Å². The summed E-state index contributed by atoms with van der Waals surface area (Å²) in [7, 11) is 3.53. The van der Waals surface area contributed by atoms with Gasteiger partial charge in [0.25, 0.3) is 5.91 Å². The Labute approximate surface area is 164 Å². The highest BCUT2D eigenvalue weighted by molar-refractivity contribution is 5.95. The third kappa shape index (κ3) is 3.15. The third-order valence-corrected chi connectivity index (χ3v) is 5.39. The number of hydrogen-bond acceptors (Lipinski definition) is 4. The number of amides is 1. The topological polar surface area (TPSA) is 60.2 Å². The molecule has 1 aromatic heterocycles. The predicted octanol–water partition coefficient (Wildman–Crippen LogP) is 3.56. The summed E-state index contributed by atoms with van der Waals surface area (Å²) in [6.07, 6.45) is 0.845. The van der Waals surface area contributed by atoms with Crippen molar-refractivity contribution in [2.45, 2.75) is 26.3 Å². The van der Waals surface area contributed by atoms with Gasteiger partial charge in [0.05, 0.1) is 13.2 Å². The molecule has 0 aliphatic carbocycles. The van der Waals surface area contributed by atoms with E-state index in [0.29, 0.717) is 17.9 Å². The van der Waals surface area contributed by atoms with Crippen LogP contribution >= 0.6 is 0 Å². The van der Waals surface area contributed by atoms with E-state index in [-0.39, 0.29) is 11.9 Å². The molecule has 1 atom stereocenters. The van der Waals surface area contributed by atoms with Crippen molar-refractivity contribution in [2.24, 2.45) is 7.05 Å². The number of aromatic nitrogens is 3. The monoisotopic (exact) mass is 376 g/mol.